The Labute approximate surface area is 323 Å². The van der Waals surface area contributed by atoms with Crippen LogP contribution in [-0.4, -0.2) is 86.8 Å². The van der Waals surface area contributed by atoms with E-state index < -0.39 is 98.2 Å². The van der Waals surface area contributed by atoms with Gasteiger partial charge in [0.05, 0.1) is 19.3 Å². The van der Waals surface area contributed by atoms with E-state index in [9.17, 15) is 84.5 Å². The van der Waals surface area contributed by atoms with Crippen molar-refractivity contribution in [1.82, 2.24) is 0 Å². The summed E-state index contributed by atoms with van der Waals surface area (Å²) < 4.78 is 250. The summed E-state index contributed by atoms with van der Waals surface area (Å²) in [5.41, 5.74) is -1.23. The van der Waals surface area contributed by atoms with E-state index in [1.54, 1.807) is 26.0 Å². The SMILES string of the molecule is CCOC(=O)/C=C/C=C/C[C@@H](C)[C@H](O)c1ccc(OCCO[Si](CCC(F)(F)C(F)(F)C(F)(F)C(F)(F)C(F)(F)C(F)(F)C(F)(F)C(F)(F)F)(C(C)C)C(C)C)cc1. The molecule has 0 saturated carbocycles. The summed E-state index contributed by atoms with van der Waals surface area (Å²) in [4.78, 5) is 11.3. The number of halogens is 17. The number of carbonyl (C=O) groups is 1. The molecule has 2 atom stereocenters. The second-order valence-corrected chi connectivity index (χ2v) is 18.9. The van der Waals surface area contributed by atoms with Gasteiger partial charge in [-0.25, -0.2) is 4.79 Å². The number of alkyl halides is 17. The zero-order valence-electron chi connectivity index (χ0n) is 31.7. The highest BCUT2D eigenvalue weighted by Crippen LogP contribution is 2.64. The minimum absolute atomic E-state index is 0.183. The van der Waals surface area contributed by atoms with Gasteiger partial charge in [0.15, 0.2) is 8.32 Å². The number of carbonyl (C=O) groups excluding carboxylic acids is 1. The summed E-state index contributed by atoms with van der Waals surface area (Å²) in [7, 11) is -3.94. The van der Waals surface area contributed by atoms with Crippen molar-refractivity contribution in [3.05, 3.63) is 54.1 Å². The molecule has 0 bridgehead atoms. The molecule has 0 amide bonds. The second kappa shape index (κ2) is 19.1. The molecule has 336 valence electrons. The van der Waals surface area contributed by atoms with E-state index in [4.69, 9.17) is 13.9 Å². The van der Waals surface area contributed by atoms with Gasteiger partial charge in [-0.15, -0.1) is 0 Å². The molecular weight excluding hydrogens is 851 g/mol. The molecule has 0 aromatic heterocycles. The van der Waals surface area contributed by atoms with Crippen molar-refractivity contribution >= 4 is 14.3 Å². The van der Waals surface area contributed by atoms with E-state index in [2.05, 4.69) is 0 Å². The fourth-order valence-corrected chi connectivity index (χ4v) is 10.1. The largest absolute Gasteiger partial charge is 0.491 e. The summed E-state index contributed by atoms with van der Waals surface area (Å²) >= 11 is 0. The van der Waals surface area contributed by atoms with E-state index in [1.165, 1.54) is 64.1 Å². The molecule has 1 rings (SSSR count). The lowest BCUT2D eigenvalue weighted by Gasteiger charge is -2.44. The van der Waals surface area contributed by atoms with Crippen molar-refractivity contribution < 1.29 is 98.4 Å². The number of allylic oxidation sites excluding steroid dienone is 3. The van der Waals surface area contributed by atoms with Crippen molar-refractivity contribution in [3.63, 3.8) is 0 Å². The maximum absolute atomic E-state index is 14.9. The van der Waals surface area contributed by atoms with Crippen molar-refractivity contribution in [2.45, 2.75) is 125 Å². The quantitative estimate of drug-likeness (QED) is 0.0296. The molecule has 0 heterocycles. The normalized spacial score (nSPS) is 15.8. The Kier molecular flexibility index (Phi) is 17.4. The van der Waals surface area contributed by atoms with E-state index in [0.29, 0.717) is 12.0 Å². The second-order valence-electron chi connectivity index (χ2n) is 13.9. The zero-order valence-corrected chi connectivity index (χ0v) is 32.7. The van der Waals surface area contributed by atoms with Gasteiger partial charge in [0.2, 0.25) is 0 Å². The van der Waals surface area contributed by atoms with Gasteiger partial charge in [0, 0.05) is 12.5 Å². The number of aliphatic hydroxyl groups excluding tert-OH is 1. The van der Waals surface area contributed by atoms with Crippen LogP contribution in [0.1, 0.15) is 66.1 Å². The average Bonchev–Trinajstić information content (AvgIpc) is 3.09. The van der Waals surface area contributed by atoms with Crippen LogP contribution in [0.15, 0.2) is 48.6 Å². The first-order chi connectivity index (χ1) is 26.1. The zero-order chi connectivity index (χ0) is 45.6. The molecule has 0 saturated heterocycles. The third kappa shape index (κ3) is 10.6. The van der Waals surface area contributed by atoms with E-state index in [-0.39, 0.29) is 24.9 Å². The maximum Gasteiger partial charge on any atom is 0.460 e. The third-order valence-corrected chi connectivity index (χ3v) is 15.0. The average molecular weight is 895 g/mol. The first kappa shape index (κ1) is 52.9. The molecule has 0 aliphatic rings. The smallest absolute Gasteiger partial charge is 0.460 e. The number of hydrogen-bond donors (Lipinski definition) is 1. The van der Waals surface area contributed by atoms with Crippen molar-refractivity contribution in [1.29, 1.82) is 0 Å². The Morgan fingerprint density at radius 2 is 1.16 bits per heavy atom. The Hall–Kier alpha value is -3.08. The van der Waals surface area contributed by atoms with Gasteiger partial charge in [-0.1, -0.05) is 65.0 Å². The predicted octanol–water partition coefficient (Wildman–Crippen LogP) is 12.0. The molecule has 23 heteroatoms. The van der Waals surface area contributed by atoms with Crippen LogP contribution in [0, 0.1) is 5.92 Å². The summed E-state index contributed by atoms with van der Waals surface area (Å²) in [5.74, 6) is -57.3. The highest BCUT2D eigenvalue weighted by Gasteiger charge is 2.95. The molecule has 0 aliphatic carbocycles. The van der Waals surface area contributed by atoms with Gasteiger partial charge in [-0.3, -0.25) is 0 Å². The lowest BCUT2D eigenvalue weighted by Crippen LogP contribution is -2.74. The van der Waals surface area contributed by atoms with Gasteiger partial charge in [-0.05, 0) is 54.1 Å². The molecule has 0 radical (unpaired) electrons. The van der Waals surface area contributed by atoms with Crippen molar-refractivity contribution in [3.8, 4) is 5.75 Å². The molecule has 1 aromatic rings. The third-order valence-electron chi connectivity index (χ3n) is 9.33. The van der Waals surface area contributed by atoms with Crippen molar-refractivity contribution in [2.24, 2.45) is 5.92 Å². The summed E-state index contributed by atoms with van der Waals surface area (Å²) in [6, 6.07) is 4.57. The number of hydrogen-bond acceptors (Lipinski definition) is 5. The Balaban J connectivity index is 3.13. The van der Waals surface area contributed by atoms with Gasteiger partial charge in [0.25, 0.3) is 0 Å². The monoisotopic (exact) mass is 894 g/mol. The van der Waals surface area contributed by atoms with E-state index in [1.807, 2.05) is 0 Å². The lowest BCUT2D eigenvalue weighted by molar-refractivity contribution is -0.461. The fourth-order valence-electron chi connectivity index (χ4n) is 5.66. The highest BCUT2D eigenvalue weighted by atomic mass is 28.4. The van der Waals surface area contributed by atoms with Crippen LogP contribution in [0.25, 0.3) is 0 Å². The van der Waals surface area contributed by atoms with Crippen LogP contribution in [-0.2, 0) is 14.0 Å². The van der Waals surface area contributed by atoms with Crippen LogP contribution in [0.3, 0.4) is 0 Å². The van der Waals surface area contributed by atoms with Crippen LogP contribution in [0.5, 0.6) is 5.75 Å². The van der Waals surface area contributed by atoms with Crippen LogP contribution in [0.2, 0.25) is 17.1 Å². The molecular formula is C35H43F17O5Si. The Morgan fingerprint density at radius 1 is 0.690 bits per heavy atom. The molecule has 0 aliphatic heterocycles. The molecule has 0 unspecified atom stereocenters. The number of ether oxygens (including phenoxy) is 2. The van der Waals surface area contributed by atoms with Gasteiger partial charge in [-0.2, -0.15) is 74.6 Å². The number of aliphatic hydroxyl groups is 1. The standard InChI is InChI=1S/C35H43F17O5Si/c1-7-55-26(53)12-10-8-9-11-23(6)27(54)24-13-15-25(16-14-24)56-18-19-57-58(21(2)3,22(4)5)20-17-28(36,37)29(38,39)30(40,41)31(42,43)32(44,45)33(46,47)34(48,49)35(50,51)52/h8-10,12-16,21-23,27,54H,7,11,17-20H2,1-6H3/b9-8+,12-10+/t23-,27+/m1/s1. The predicted molar refractivity (Wildman–Crippen MR) is 178 cm³/mol. The Bertz CT molecular complexity index is 1520. The van der Waals surface area contributed by atoms with Gasteiger partial charge < -0.3 is 19.0 Å². The molecule has 0 spiro atoms. The van der Waals surface area contributed by atoms with Crippen LogP contribution >= 0.6 is 0 Å². The number of rotatable bonds is 23. The molecule has 0 fully saturated rings. The molecule has 1 aromatic carbocycles. The molecule has 58 heavy (non-hydrogen) atoms. The molecule has 1 N–H and O–H groups in total. The first-order valence-electron chi connectivity index (χ1n) is 17.3. The van der Waals surface area contributed by atoms with E-state index in [0.717, 1.165) is 0 Å². The topological polar surface area (TPSA) is 65.0 Å². The summed E-state index contributed by atoms with van der Waals surface area (Å²) in [6.07, 6.45) is -4.92. The van der Waals surface area contributed by atoms with E-state index >= 15 is 0 Å². The van der Waals surface area contributed by atoms with Gasteiger partial charge in [0.1, 0.15) is 12.4 Å². The van der Waals surface area contributed by atoms with Gasteiger partial charge >= 0.3 is 53.6 Å². The minimum Gasteiger partial charge on any atom is -0.491 e. The van der Waals surface area contributed by atoms with Crippen LogP contribution < -0.4 is 4.74 Å². The van der Waals surface area contributed by atoms with Crippen molar-refractivity contribution in [2.75, 3.05) is 19.8 Å². The number of esters is 1. The minimum atomic E-state index is -8.68. The summed E-state index contributed by atoms with van der Waals surface area (Å²) in [6.45, 7) is 8.08. The fraction of sp³-hybridized carbons (Fsp3) is 0.686. The first-order valence-corrected chi connectivity index (χ1v) is 19.6. The lowest BCUT2D eigenvalue weighted by atomic mass is 9.88. The number of benzene rings is 1. The molecule has 5 nitrogen and oxygen atoms in total. The Morgan fingerprint density at radius 3 is 1.60 bits per heavy atom. The summed E-state index contributed by atoms with van der Waals surface area (Å²) in [5, 5.41) is 10.7. The van der Waals surface area contributed by atoms with Crippen LogP contribution in [0.4, 0.5) is 74.6 Å². The maximum atomic E-state index is 14.9. The highest BCUT2D eigenvalue weighted by molar-refractivity contribution is 6.76.